The second kappa shape index (κ2) is 6.62. The SMILES string of the molecule is Cc1nc(C(C)NCC2CCN(CC(F)(F)F)C2)c(C)s1. The molecule has 7 heteroatoms. The van der Waals surface area contributed by atoms with Gasteiger partial charge in [-0.25, -0.2) is 4.98 Å². The Morgan fingerprint density at radius 1 is 1.43 bits per heavy atom. The molecule has 0 aromatic carbocycles. The van der Waals surface area contributed by atoms with Gasteiger partial charge in [-0.15, -0.1) is 11.3 Å². The van der Waals surface area contributed by atoms with E-state index in [0.29, 0.717) is 13.1 Å². The number of hydrogen-bond donors (Lipinski definition) is 1. The second-order valence-electron chi connectivity index (χ2n) is 5.81. The topological polar surface area (TPSA) is 28.2 Å². The molecule has 2 heterocycles. The molecule has 1 aromatic heterocycles. The van der Waals surface area contributed by atoms with Gasteiger partial charge in [0.15, 0.2) is 0 Å². The fourth-order valence-electron chi connectivity index (χ4n) is 2.86. The molecule has 1 aliphatic rings. The lowest BCUT2D eigenvalue weighted by Gasteiger charge is -2.19. The third-order valence-corrected chi connectivity index (χ3v) is 4.74. The lowest BCUT2D eigenvalue weighted by Crippen LogP contribution is -2.34. The van der Waals surface area contributed by atoms with Crippen molar-refractivity contribution in [3.63, 3.8) is 0 Å². The Kier molecular flexibility index (Phi) is 5.27. The van der Waals surface area contributed by atoms with E-state index in [1.54, 1.807) is 11.3 Å². The van der Waals surface area contributed by atoms with Gasteiger partial charge in [0.1, 0.15) is 0 Å². The van der Waals surface area contributed by atoms with E-state index in [9.17, 15) is 13.2 Å². The fraction of sp³-hybridized carbons (Fsp3) is 0.786. The average Bonchev–Trinajstić information content (AvgIpc) is 2.91. The van der Waals surface area contributed by atoms with Crippen molar-refractivity contribution in [3.8, 4) is 0 Å². The van der Waals surface area contributed by atoms with Gasteiger partial charge in [0.25, 0.3) is 0 Å². The molecule has 0 saturated carbocycles. The van der Waals surface area contributed by atoms with Crippen molar-refractivity contribution >= 4 is 11.3 Å². The monoisotopic (exact) mass is 321 g/mol. The number of likely N-dealkylation sites (tertiary alicyclic amines) is 1. The Labute approximate surface area is 127 Å². The Morgan fingerprint density at radius 3 is 2.71 bits per heavy atom. The minimum absolute atomic E-state index is 0.145. The molecule has 2 rings (SSSR count). The molecular formula is C14H22F3N3S. The number of aromatic nitrogens is 1. The number of nitrogens with one attached hydrogen (secondary N) is 1. The average molecular weight is 321 g/mol. The zero-order valence-corrected chi connectivity index (χ0v) is 13.4. The molecule has 1 aromatic rings. The standard InChI is InChI=1S/C14H22F3N3S/c1-9(13-10(2)21-11(3)19-13)18-6-12-4-5-20(7-12)8-14(15,16)17/h9,12,18H,4-8H2,1-3H3. The Bertz CT molecular complexity index is 473. The predicted octanol–water partition coefficient (Wildman–Crippen LogP) is 3.29. The number of thiazole rings is 1. The zero-order chi connectivity index (χ0) is 15.6. The molecule has 21 heavy (non-hydrogen) atoms. The first kappa shape index (κ1) is 16.7. The summed E-state index contributed by atoms with van der Waals surface area (Å²) in [5.41, 5.74) is 1.06. The summed E-state index contributed by atoms with van der Waals surface area (Å²) in [7, 11) is 0. The normalized spacial score (nSPS) is 21.9. The molecule has 0 bridgehead atoms. The van der Waals surface area contributed by atoms with E-state index < -0.39 is 12.7 Å². The van der Waals surface area contributed by atoms with Crippen molar-refractivity contribution in [2.24, 2.45) is 5.92 Å². The van der Waals surface area contributed by atoms with Crippen LogP contribution in [0.3, 0.4) is 0 Å². The third kappa shape index (κ3) is 4.93. The number of halogens is 3. The van der Waals surface area contributed by atoms with Crippen molar-refractivity contribution < 1.29 is 13.2 Å². The highest BCUT2D eigenvalue weighted by Crippen LogP contribution is 2.25. The first-order chi connectivity index (χ1) is 9.74. The summed E-state index contributed by atoms with van der Waals surface area (Å²) in [6, 6.07) is 0.145. The number of hydrogen-bond acceptors (Lipinski definition) is 4. The van der Waals surface area contributed by atoms with E-state index >= 15 is 0 Å². The maximum Gasteiger partial charge on any atom is 0.401 e. The highest BCUT2D eigenvalue weighted by Gasteiger charge is 2.34. The molecular weight excluding hydrogens is 299 g/mol. The summed E-state index contributed by atoms with van der Waals surface area (Å²) >= 11 is 1.68. The largest absolute Gasteiger partial charge is 0.401 e. The van der Waals surface area contributed by atoms with Gasteiger partial charge in [-0.2, -0.15) is 13.2 Å². The van der Waals surface area contributed by atoms with Crippen LogP contribution in [0.25, 0.3) is 0 Å². The zero-order valence-electron chi connectivity index (χ0n) is 12.6. The van der Waals surface area contributed by atoms with Crippen LogP contribution >= 0.6 is 11.3 Å². The van der Waals surface area contributed by atoms with Crippen LogP contribution in [0.1, 0.15) is 35.0 Å². The van der Waals surface area contributed by atoms with E-state index in [1.165, 1.54) is 9.78 Å². The quantitative estimate of drug-likeness (QED) is 0.902. The molecule has 0 amide bonds. The van der Waals surface area contributed by atoms with Crippen molar-refractivity contribution in [1.82, 2.24) is 15.2 Å². The van der Waals surface area contributed by atoms with Crippen molar-refractivity contribution in [2.45, 2.75) is 39.4 Å². The smallest absolute Gasteiger partial charge is 0.308 e. The van der Waals surface area contributed by atoms with Gasteiger partial charge in [0, 0.05) is 17.5 Å². The van der Waals surface area contributed by atoms with E-state index in [0.717, 1.165) is 23.7 Å². The number of aryl methyl sites for hydroxylation is 2. The summed E-state index contributed by atoms with van der Waals surface area (Å²) < 4.78 is 37.1. The van der Waals surface area contributed by atoms with Crippen molar-refractivity contribution in [2.75, 3.05) is 26.2 Å². The Morgan fingerprint density at radius 2 is 2.14 bits per heavy atom. The van der Waals surface area contributed by atoms with Crippen LogP contribution in [0.5, 0.6) is 0 Å². The maximum absolute atomic E-state index is 12.4. The van der Waals surface area contributed by atoms with Crippen LogP contribution in [-0.4, -0.2) is 42.2 Å². The number of nitrogens with zero attached hydrogens (tertiary/aromatic N) is 2. The van der Waals surface area contributed by atoms with E-state index in [1.807, 2.05) is 6.92 Å². The third-order valence-electron chi connectivity index (χ3n) is 3.84. The molecule has 2 unspecified atom stereocenters. The summed E-state index contributed by atoms with van der Waals surface area (Å²) in [5, 5.41) is 4.46. The highest BCUT2D eigenvalue weighted by molar-refractivity contribution is 7.11. The van der Waals surface area contributed by atoms with Crippen LogP contribution in [-0.2, 0) is 0 Å². The lowest BCUT2D eigenvalue weighted by molar-refractivity contribution is -0.143. The van der Waals surface area contributed by atoms with Gasteiger partial charge in [0.2, 0.25) is 0 Å². The van der Waals surface area contributed by atoms with E-state index in [2.05, 4.69) is 24.1 Å². The molecule has 1 N–H and O–H groups in total. The fourth-order valence-corrected chi connectivity index (χ4v) is 3.78. The minimum atomic E-state index is -4.09. The second-order valence-corrected chi connectivity index (χ2v) is 7.22. The molecule has 1 aliphatic heterocycles. The highest BCUT2D eigenvalue weighted by atomic mass is 32.1. The molecule has 0 spiro atoms. The summed E-state index contributed by atoms with van der Waals surface area (Å²) in [6.07, 6.45) is -3.27. The van der Waals surface area contributed by atoms with E-state index in [-0.39, 0.29) is 12.0 Å². The van der Waals surface area contributed by atoms with Gasteiger partial charge in [-0.05, 0) is 46.2 Å². The van der Waals surface area contributed by atoms with Gasteiger partial charge in [0.05, 0.1) is 17.2 Å². The molecule has 0 aliphatic carbocycles. The molecule has 1 saturated heterocycles. The summed E-state index contributed by atoms with van der Waals surface area (Å²) in [5.74, 6) is 0.287. The number of alkyl halides is 3. The minimum Gasteiger partial charge on any atom is -0.308 e. The van der Waals surface area contributed by atoms with E-state index in [4.69, 9.17) is 0 Å². The number of rotatable bonds is 5. The maximum atomic E-state index is 12.4. The van der Waals surface area contributed by atoms with Crippen molar-refractivity contribution in [3.05, 3.63) is 15.6 Å². The van der Waals surface area contributed by atoms with Crippen LogP contribution in [0.15, 0.2) is 0 Å². The lowest BCUT2D eigenvalue weighted by atomic mass is 10.1. The van der Waals surface area contributed by atoms with Crippen LogP contribution < -0.4 is 5.32 Å². The Balaban J connectivity index is 1.78. The first-order valence-corrected chi connectivity index (χ1v) is 8.02. The van der Waals surface area contributed by atoms with Crippen molar-refractivity contribution in [1.29, 1.82) is 0 Å². The summed E-state index contributed by atoms with van der Waals surface area (Å²) in [4.78, 5) is 7.22. The van der Waals surface area contributed by atoms with Gasteiger partial charge in [-0.1, -0.05) is 0 Å². The van der Waals surface area contributed by atoms with Crippen LogP contribution in [0.2, 0.25) is 0 Å². The van der Waals surface area contributed by atoms with Gasteiger partial charge >= 0.3 is 6.18 Å². The van der Waals surface area contributed by atoms with Gasteiger partial charge < -0.3 is 5.32 Å². The Hall–Kier alpha value is -0.660. The van der Waals surface area contributed by atoms with Crippen LogP contribution in [0, 0.1) is 19.8 Å². The summed E-state index contributed by atoms with van der Waals surface area (Å²) in [6.45, 7) is 7.11. The molecule has 1 fully saturated rings. The molecule has 120 valence electrons. The van der Waals surface area contributed by atoms with Gasteiger partial charge in [-0.3, -0.25) is 4.90 Å². The molecule has 2 atom stereocenters. The molecule has 0 radical (unpaired) electrons. The first-order valence-electron chi connectivity index (χ1n) is 7.21. The van der Waals surface area contributed by atoms with Crippen LogP contribution in [0.4, 0.5) is 13.2 Å². The molecule has 3 nitrogen and oxygen atoms in total. The predicted molar refractivity (Wildman–Crippen MR) is 78.6 cm³/mol.